The van der Waals surface area contributed by atoms with Gasteiger partial charge >= 0.3 is 0 Å². The lowest BCUT2D eigenvalue weighted by atomic mass is 10.1. The maximum Gasteiger partial charge on any atom is 0.261 e. The van der Waals surface area contributed by atoms with E-state index in [1.54, 1.807) is 6.20 Å². The molecule has 3 aromatic rings. The molecule has 0 aliphatic carbocycles. The lowest BCUT2D eigenvalue weighted by Gasteiger charge is -2.13. The van der Waals surface area contributed by atoms with Gasteiger partial charge < -0.3 is 9.88 Å². The summed E-state index contributed by atoms with van der Waals surface area (Å²) in [6, 6.07) is 13.9. The molecule has 0 saturated carbocycles. The molecule has 1 amide bonds. The third kappa shape index (κ3) is 3.16. The van der Waals surface area contributed by atoms with E-state index in [-0.39, 0.29) is 22.9 Å². The fraction of sp³-hybridized carbons (Fsp3) is 0.304. The van der Waals surface area contributed by atoms with Gasteiger partial charge in [0.25, 0.3) is 5.91 Å². The average Bonchev–Trinajstić information content (AvgIpc) is 3.00. The predicted molar refractivity (Wildman–Crippen MR) is 110 cm³/mol. The van der Waals surface area contributed by atoms with Crippen molar-refractivity contribution < 1.29 is 4.79 Å². The van der Waals surface area contributed by atoms with E-state index < -0.39 is 0 Å². The molecule has 1 atom stereocenters. The number of pyridine rings is 1. The zero-order valence-corrected chi connectivity index (χ0v) is 15.8. The molecule has 138 valence electrons. The molecule has 1 aliphatic rings. The van der Waals surface area contributed by atoms with Crippen LogP contribution in [0.25, 0.3) is 10.9 Å². The Kier molecular flexibility index (Phi) is 4.56. The van der Waals surface area contributed by atoms with Crippen molar-refractivity contribution in [1.29, 1.82) is 0 Å². The van der Waals surface area contributed by atoms with Crippen LogP contribution in [0.4, 0.5) is 5.69 Å². The number of nitrogens with zero attached hydrogens (tertiary/aromatic N) is 1. The molecule has 1 aromatic heterocycles. The molecule has 4 heteroatoms. The summed E-state index contributed by atoms with van der Waals surface area (Å²) in [6.07, 6.45) is 5.97. The van der Waals surface area contributed by atoms with Gasteiger partial charge in [0, 0.05) is 23.3 Å². The van der Waals surface area contributed by atoms with E-state index >= 15 is 0 Å². The SMILES string of the molecule is CCCCc1ccc(NC(=O)c2cn3c4c(cccc4c2=O)CC3C)cc1. The number of hydrogen-bond donors (Lipinski definition) is 1. The van der Waals surface area contributed by atoms with E-state index in [0.29, 0.717) is 11.1 Å². The van der Waals surface area contributed by atoms with Gasteiger partial charge in [-0.25, -0.2) is 0 Å². The number of para-hydroxylation sites is 1. The van der Waals surface area contributed by atoms with Crippen LogP contribution in [0.3, 0.4) is 0 Å². The second kappa shape index (κ2) is 7.03. The minimum atomic E-state index is -0.350. The Labute approximate surface area is 158 Å². The Bertz CT molecular complexity index is 1060. The number of benzene rings is 2. The van der Waals surface area contributed by atoms with Crippen LogP contribution >= 0.6 is 0 Å². The second-order valence-electron chi connectivity index (χ2n) is 7.40. The highest BCUT2D eigenvalue weighted by Crippen LogP contribution is 2.31. The van der Waals surface area contributed by atoms with Crippen LogP contribution in [0.15, 0.2) is 53.5 Å². The monoisotopic (exact) mass is 360 g/mol. The summed E-state index contributed by atoms with van der Waals surface area (Å²) in [7, 11) is 0. The van der Waals surface area contributed by atoms with Gasteiger partial charge in [-0.2, -0.15) is 0 Å². The standard InChI is InChI=1S/C23H24N2O2/c1-3-4-6-16-9-11-18(12-10-16)24-23(27)20-14-25-15(2)13-17-7-5-8-19(21(17)25)22(20)26/h5,7-12,14-15H,3-4,6,13H2,1-2H3,(H,24,27). The van der Waals surface area contributed by atoms with Gasteiger partial charge in [0.1, 0.15) is 5.56 Å². The van der Waals surface area contributed by atoms with E-state index in [1.165, 1.54) is 11.1 Å². The van der Waals surface area contributed by atoms with Crippen LogP contribution in [-0.2, 0) is 12.8 Å². The molecule has 2 heterocycles. The molecule has 27 heavy (non-hydrogen) atoms. The van der Waals surface area contributed by atoms with Crippen molar-refractivity contribution in [3.05, 3.63) is 75.6 Å². The van der Waals surface area contributed by atoms with Gasteiger partial charge in [-0.05, 0) is 55.5 Å². The number of carbonyl (C=O) groups excluding carboxylic acids is 1. The second-order valence-corrected chi connectivity index (χ2v) is 7.40. The van der Waals surface area contributed by atoms with Gasteiger partial charge in [-0.3, -0.25) is 9.59 Å². The third-order valence-electron chi connectivity index (χ3n) is 5.40. The number of rotatable bonds is 5. The molecule has 0 saturated heterocycles. The molecule has 0 fully saturated rings. The molecule has 0 spiro atoms. The van der Waals surface area contributed by atoms with Crippen molar-refractivity contribution in [3.8, 4) is 0 Å². The molecule has 4 nitrogen and oxygen atoms in total. The maximum atomic E-state index is 12.9. The fourth-order valence-corrected chi connectivity index (χ4v) is 3.91. The topological polar surface area (TPSA) is 51.1 Å². The van der Waals surface area contributed by atoms with Crippen molar-refractivity contribution in [1.82, 2.24) is 4.57 Å². The Morgan fingerprint density at radius 2 is 1.96 bits per heavy atom. The number of carbonyl (C=O) groups is 1. The molecular formula is C23H24N2O2. The van der Waals surface area contributed by atoms with E-state index in [1.807, 2.05) is 36.4 Å². The summed E-state index contributed by atoms with van der Waals surface area (Å²) in [5.74, 6) is -0.350. The number of hydrogen-bond acceptors (Lipinski definition) is 2. The van der Waals surface area contributed by atoms with Crippen LogP contribution in [0, 0.1) is 0 Å². The first kappa shape index (κ1) is 17.5. The number of anilines is 1. The van der Waals surface area contributed by atoms with Gasteiger partial charge in [-0.1, -0.05) is 37.6 Å². The minimum absolute atomic E-state index is 0.198. The normalized spacial score (nSPS) is 15.3. The smallest absolute Gasteiger partial charge is 0.261 e. The van der Waals surface area contributed by atoms with Gasteiger partial charge in [0.2, 0.25) is 5.43 Å². The Balaban J connectivity index is 1.64. The summed E-state index contributed by atoms with van der Waals surface area (Å²) in [6.45, 7) is 4.28. The highest BCUT2D eigenvalue weighted by molar-refractivity contribution is 6.06. The van der Waals surface area contributed by atoms with Crippen molar-refractivity contribution in [3.63, 3.8) is 0 Å². The van der Waals surface area contributed by atoms with Gasteiger partial charge in [0.15, 0.2) is 0 Å². The van der Waals surface area contributed by atoms with Crippen molar-refractivity contribution >= 4 is 22.5 Å². The zero-order valence-electron chi connectivity index (χ0n) is 15.8. The largest absolute Gasteiger partial charge is 0.343 e. The summed E-state index contributed by atoms with van der Waals surface area (Å²) in [4.78, 5) is 25.7. The highest BCUT2D eigenvalue weighted by Gasteiger charge is 2.24. The lowest BCUT2D eigenvalue weighted by molar-refractivity contribution is 0.102. The first-order chi connectivity index (χ1) is 13.1. The number of nitrogens with one attached hydrogen (secondary N) is 1. The van der Waals surface area contributed by atoms with Crippen LogP contribution in [-0.4, -0.2) is 10.5 Å². The van der Waals surface area contributed by atoms with Gasteiger partial charge in [-0.15, -0.1) is 0 Å². The van der Waals surface area contributed by atoms with Crippen molar-refractivity contribution in [2.45, 2.75) is 45.6 Å². The molecule has 1 aliphatic heterocycles. The number of amides is 1. The van der Waals surface area contributed by atoms with E-state index in [0.717, 1.165) is 31.2 Å². The Hall–Kier alpha value is -2.88. The molecule has 2 aromatic carbocycles. The summed E-state index contributed by atoms with van der Waals surface area (Å²) in [5, 5.41) is 3.50. The van der Waals surface area contributed by atoms with Gasteiger partial charge in [0.05, 0.1) is 5.52 Å². The number of unbranched alkanes of at least 4 members (excludes halogenated alkanes) is 1. The van der Waals surface area contributed by atoms with E-state index in [9.17, 15) is 9.59 Å². The lowest BCUT2D eigenvalue weighted by Crippen LogP contribution is -2.23. The molecule has 1 N–H and O–H groups in total. The number of aryl methyl sites for hydroxylation is 1. The summed E-state index contributed by atoms with van der Waals surface area (Å²) >= 11 is 0. The van der Waals surface area contributed by atoms with Crippen molar-refractivity contribution in [2.24, 2.45) is 0 Å². The first-order valence-electron chi connectivity index (χ1n) is 9.65. The summed E-state index contributed by atoms with van der Waals surface area (Å²) < 4.78 is 2.06. The van der Waals surface area contributed by atoms with Crippen LogP contribution in [0.5, 0.6) is 0 Å². The molecule has 4 rings (SSSR count). The minimum Gasteiger partial charge on any atom is -0.343 e. The van der Waals surface area contributed by atoms with Crippen LogP contribution in [0.2, 0.25) is 0 Å². The molecular weight excluding hydrogens is 336 g/mol. The molecule has 1 unspecified atom stereocenters. The maximum absolute atomic E-state index is 12.9. The molecule has 0 bridgehead atoms. The molecule has 0 radical (unpaired) electrons. The Morgan fingerprint density at radius 1 is 1.19 bits per heavy atom. The van der Waals surface area contributed by atoms with Crippen LogP contribution in [0.1, 0.15) is 54.2 Å². The first-order valence-corrected chi connectivity index (χ1v) is 9.65. The van der Waals surface area contributed by atoms with Crippen molar-refractivity contribution in [2.75, 3.05) is 5.32 Å². The fourth-order valence-electron chi connectivity index (χ4n) is 3.91. The predicted octanol–water partition coefficient (Wildman–Crippen LogP) is 4.71. The average molecular weight is 360 g/mol. The summed E-state index contributed by atoms with van der Waals surface area (Å²) in [5.41, 5.74) is 4.11. The Morgan fingerprint density at radius 3 is 2.70 bits per heavy atom. The van der Waals surface area contributed by atoms with Crippen LogP contribution < -0.4 is 10.7 Å². The highest BCUT2D eigenvalue weighted by atomic mass is 16.2. The quantitative estimate of drug-likeness (QED) is 0.716. The van der Waals surface area contributed by atoms with E-state index in [2.05, 4.69) is 29.8 Å². The third-order valence-corrected chi connectivity index (χ3v) is 5.40. The zero-order chi connectivity index (χ0) is 19.0. The number of aromatic nitrogens is 1. The van der Waals surface area contributed by atoms with E-state index in [4.69, 9.17) is 0 Å².